The molecule has 0 saturated carbocycles. The lowest BCUT2D eigenvalue weighted by Crippen LogP contribution is -2.38. The number of hydrogen-bond acceptors (Lipinski definition) is 4. The molecule has 0 spiro atoms. The van der Waals surface area contributed by atoms with Gasteiger partial charge < -0.3 is 10.2 Å². The zero-order valence-electron chi connectivity index (χ0n) is 16.5. The Balaban J connectivity index is 0.00000240. The van der Waals surface area contributed by atoms with Gasteiger partial charge in [-0.2, -0.15) is 0 Å². The largest absolute Gasteiger partial charge is 0.354 e. The molecule has 0 unspecified atom stereocenters. The van der Waals surface area contributed by atoms with E-state index in [9.17, 15) is 4.79 Å². The van der Waals surface area contributed by atoms with Crippen molar-refractivity contribution < 1.29 is 4.79 Å². The lowest BCUT2D eigenvalue weighted by molar-refractivity contribution is 0.0698. The lowest BCUT2D eigenvalue weighted by Gasteiger charge is -2.31. The molecule has 1 aliphatic rings. The third-order valence-corrected chi connectivity index (χ3v) is 5.50. The highest BCUT2D eigenvalue weighted by Crippen LogP contribution is 2.31. The molecule has 152 valence electrons. The Morgan fingerprint density at radius 1 is 1.21 bits per heavy atom. The first-order valence-corrected chi connectivity index (χ1v) is 9.97. The SMILES string of the molecule is Cc1ccc2c(Nc3cccc(Cl)c3)c(C(=O)N3CCC(C)CC3)cnc2n1.Cl. The van der Waals surface area contributed by atoms with Gasteiger partial charge in [-0.25, -0.2) is 9.97 Å². The van der Waals surface area contributed by atoms with Crippen LogP contribution in [0.2, 0.25) is 5.02 Å². The maximum absolute atomic E-state index is 13.3. The quantitative estimate of drug-likeness (QED) is 0.584. The second-order valence-electron chi connectivity index (χ2n) is 7.48. The third-order valence-electron chi connectivity index (χ3n) is 5.26. The van der Waals surface area contributed by atoms with Gasteiger partial charge in [-0.15, -0.1) is 12.4 Å². The summed E-state index contributed by atoms with van der Waals surface area (Å²) in [6.45, 7) is 5.72. The summed E-state index contributed by atoms with van der Waals surface area (Å²) in [6.07, 6.45) is 3.71. The van der Waals surface area contributed by atoms with E-state index in [1.165, 1.54) is 0 Å². The molecule has 0 bridgehead atoms. The van der Waals surface area contributed by atoms with Crippen LogP contribution in [0.25, 0.3) is 11.0 Å². The number of nitrogens with one attached hydrogen (secondary N) is 1. The van der Waals surface area contributed by atoms with E-state index in [1.54, 1.807) is 6.20 Å². The van der Waals surface area contributed by atoms with Gasteiger partial charge in [-0.3, -0.25) is 4.79 Å². The first-order chi connectivity index (χ1) is 13.5. The second kappa shape index (κ2) is 8.97. The molecule has 1 aromatic carbocycles. The number of halogens is 2. The number of amides is 1. The first-order valence-electron chi connectivity index (χ1n) is 9.59. The van der Waals surface area contributed by atoms with Crippen LogP contribution in [0.4, 0.5) is 11.4 Å². The number of carbonyl (C=O) groups is 1. The van der Waals surface area contributed by atoms with Crippen LogP contribution in [-0.4, -0.2) is 33.9 Å². The van der Waals surface area contributed by atoms with E-state index in [0.29, 0.717) is 22.2 Å². The molecule has 29 heavy (non-hydrogen) atoms. The van der Waals surface area contributed by atoms with Crippen molar-refractivity contribution in [2.24, 2.45) is 5.92 Å². The number of aromatic nitrogens is 2. The minimum absolute atomic E-state index is 0. The van der Waals surface area contributed by atoms with Gasteiger partial charge in [0.1, 0.15) is 0 Å². The number of piperidine rings is 1. The van der Waals surface area contributed by atoms with E-state index >= 15 is 0 Å². The first kappa shape index (κ1) is 21.3. The molecule has 0 atom stereocenters. The third kappa shape index (κ3) is 4.62. The van der Waals surface area contributed by atoms with Crippen molar-refractivity contribution in [3.63, 3.8) is 0 Å². The van der Waals surface area contributed by atoms with Crippen molar-refractivity contribution >= 4 is 52.3 Å². The Labute approximate surface area is 181 Å². The number of pyridine rings is 2. The standard InChI is InChI=1S/C22H23ClN4O.ClH/c1-14-8-10-27(11-9-14)22(28)19-13-24-21-18(7-6-15(2)25-21)20(19)26-17-5-3-4-16(23)12-17;/h3-7,12-14H,8-11H2,1-2H3,(H,24,25,26);1H. The van der Waals surface area contributed by atoms with Crippen LogP contribution in [0.15, 0.2) is 42.6 Å². The molecule has 5 nitrogen and oxygen atoms in total. The molecular formula is C22H24Cl2N4O. The molecule has 3 heterocycles. The smallest absolute Gasteiger partial charge is 0.257 e. The number of carbonyl (C=O) groups excluding carboxylic acids is 1. The monoisotopic (exact) mass is 430 g/mol. The topological polar surface area (TPSA) is 58.1 Å². The van der Waals surface area contributed by atoms with Crippen LogP contribution in [0.5, 0.6) is 0 Å². The average Bonchev–Trinajstić information content (AvgIpc) is 2.68. The zero-order chi connectivity index (χ0) is 19.7. The summed E-state index contributed by atoms with van der Waals surface area (Å²) < 4.78 is 0. The molecular weight excluding hydrogens is 407 g/mol. The van der Waals surface area contributed by atoms with Gasteiger partial charge in [0, 0.05) is 41.1 Å². The van der Waals surface area contributed by atoms with E-state index in [2.05, 4.69) is 22.2 Å². The van der Waals surface area contributed by atoms with Crippen LogP contribution in [0, 0.1) is 12.8 Å². The lowest BCUT2D eigenvalue weighted by atomic mass is 9.98. The molecule has 0 radical (unpaired) electrons. The Morgan fingerprint density at radius 2 is 1.97 bits per heavy atom. The number of fused-ring (bicyclic) bond motifs is 1. The van der Waals surface area contributed by atoms with Gasteiger partial charge in [-0.05, 0) is 56.0 Å². The maximum atomic E-state index is 13.3. The van der Waals surface area contributed by atoms with Gasteiger partial charge in [0.05, 0.1) is 11.3 Å². The number of anilines is 2. The highest BCUT2D eigenvalue weighted by Gasteiger charge is 2.25. The molecule has 0 aliphatic carbocycles. The van der Waals surface area contributed by atoms with Crippen LogP contribution in [0.1, 0.15) is 35.8 Å². The van der Waals surface area contributed by atoms with E-state index in [0.717, 1.165) is 48.4 Å². The van der Waals surface area contributed by atoms with E-state index in [-0.39, 0.29) is 18.3 Å². The molecule has 1 N–H and O–H groups in total. The summed E-state index contributed by atoms with van der Waals surface area (Å²) in [4.78, 5) is 24.2. The Hall–Kier alpha value is -2.37. The Bertz CT molecular complexity index is 1030. The van der Waals surface area contributed by atoms with Gasteiger partial charge in [0.2, 0.25) is 0 Å². The van der Waals surface area contributed by atoms with Crippen LogP contribution in [-0.2, 0) is 0 Å². The van der Waals surface area contributed by atoms with Crippen molar-refractivity contribution in [3.8, 4) is 0 Å². The van der Waals surface area contributed by atoms with Crippen molar-refractivity contribution in [2.75, 3.05) is 18.4 Å². The predicted molar refractivity (Wildman–Crippen MR) is 121 cm³/mol. The molecule has 1 amide bonds. The molecule has 2 aromatic heterocycles. The number of hydrogen-bond donors (Lipinski definition) is 1. The molecule has 1 saturated heterocycles. The van der Waals surface area contributed by atoms with Gasteiger partial charge in [0.15, 0.2) is 5.65 Å². The normalized spacial score (nSPS) is 14.5. The molecule has 1 fully saturated rings. The average molecular weight is 431 g/mol. The highest BCUT2D eigenvalue weighted by atomic mass is 35.5. The van der Waals surface area contributed by atoms with E-state index in [4.69, 9.17) is 11.6 Å². The van der Waals surface area contributed by atoms with Crippen molar-refractivity contribution in [1.29, 1.82) is 0 Å². The number of benzene rings is 1. The molecule has 4 rings (SSSR count). The number of likely N-dealkylation sites (tertiary alicyclic amines) is 1. The summed E-state index contributed by atoms with van der Waals surface area (Å²) >= 11 is 6.15. The van der Waals surface area contributed by atoms with Crippen molar-refractivity contribution in [2.45, 2.75) is 26.7 Å². The van der Waals surface area contributed by atoms with E-state index in [1.807, 2.05) is 48.2 Å². The second-order valence-corrected chi connectivity index (χ2v) is 7.92. The predicted octanol–water partition coefficient (Wildman–Crippen LogP) is 5.63. The fraction of sp³-hybridized carbons (Fsp3) is 0.318. The number of aryl methyl sites for hydroxylation is 1. The molecule has 7 heteroatoms. The Morgan fingerprint density at radius 3 is 2.69 bits per heavy atom. The molecule has 1 aliphatic heterocycles. The van der Waals surface area contributed by atoms with Gasteiger partial charge >= 0.3 is 0 Å². The fourth-order valence-corrected chi connectivity index (χ4v) is 3.75. The van der Waals surface area contributed by atoms with Crippen molar-refractivity contribution in [3.05, 3.63) is 58.9 Å². The van der Waals surface area contributed by atoms with Crippen LogP contribution >= 0.6 is 24.0 Å². The molecule has 3 aromatic rings. The zero-order valence-corrected chi connectivity index (χ0v) is 18.1. The van der Waals surface area contributed by atoms with Crippen LogP contribution < -0.4 is 5.32 Å². The minimum atomic E-state index is 0. The van der Waals surface area contributed by atoms with Gasteiger partial charge in [-0.1, -0.05) is 24.6 Å². The minimum Gasteiger partial charge on any atom is -0.354 e. The Kier molecular flexibility index (Phi) is 6.60. The fourth-order valence-electron chi connectivity index (χ4n) is 3.56. The van der Waals surface area contributed by atoms with Crippen LogP contribution in [0.3, 0.4) is 0 Å². The van der Waals surface area contributed by atoms with E-state index < -0.39 is 0 Å². The van der Waals surface area contributed by atoms with Crippen molar-refractivity contribution in [1.82, 2.24) is 14.9 Å². The number of rotatable bonds is 3. The summed E-state index contributed by atoms with van der Waals surface area (Å²) in [6, 6.07) is 11.4. The van der Waals surface area contributed by atoms with Gasteiger partial charge in [0.25, 0.3) is 5.91 Å². The number of nitrogens with zero attached hydrogens (tertiary/aromatic N) is 3. The summed E-state index contributed by atoms with van der Waals surface area (Å²) in [5.74, 6) is 0.668. The summed E-state index contributed by atoms with van der Waals surface area (Å²) in [7, 11) is 0. The highest BCUT2D eigenvalue weighted by molar-refractivity contribution is 6.30. The maximum Gasteiger partial charge on any atom is 0.257 e. The summed E-state index contributed by atoms with van der Waals surface area (Å²) in [5, 5.41) is 4.85. The summed E-state index contributed by atoms with van der Waals surface area (Å²) in [5.41, 5.74) is 3.61.